The molecule has 8 heteroatoms. The topological polar surface area (TPSA) is 79.9 Å². The van der Waals surface area contributed by atoms with Gasteiger partial charge in [0.25, 0.3) is 0 Å². The van der Waals surface area contributed by atoms with E-state index in [1.807, 2.05) is 0 Å². The maximum Gasteiger partial charge on any atom is 0.313 e. The van der Waals surface area contributed by atoms with Crippen LogP contribution in [-0.2, 0) is 14.3 Å². The molecule has 23 heavy (non-hydrogen) atoms. The molecule has 0 saturated carbocycles. The zero-order valence-electron chi connectivity index (χ0n) is 12.9. The van der Waals surface area contributed by atoms with Crippen molar-refractivity contribution in [2.45, 2.75) is 0 Å². The molecule has 7 nitrogen and oxygen atoms in total. The molecule has 1 aromatic rings. The Labute approximate surface area is 139 Å². The Bertz CT molecular complexity index is 562. The van der Waals surface area contributed by atoms with Crippen LogP contribution in [-0.4, -0.2) is 63.2 Å². The van der Waals surface area contributed by atoms with E-state index >= 15 is 0 Å². The Kier molecular flexibility index (Phi) is 6.64. The number of hydrogen-bond donors (Lipinski definition) is 2. The lowest BCUT2D eigenvalue weighted by Crippen LogP contribution is -2.43. The van der Waals surface area contributed by atoms with Crippen LogP contribution < -0.4 is 15.4 Å². The number of morpholine rings is 1. The molecule has 1 aromatic carbocycles. The average molecular weight is 342 g/mol. The molecule has 0 bridgehead atoms. The minimum absolute atomic E-state index is 0.355. The molecule has 1 aliphatic rings. The Hall–Kier alpha value is -1.83. The molecule has 0 atom stereocenters. The maximum absolute atomic E-state index is 11.9. The van der Waals surface area contributed by atoms with Crippen LogP contribution in [0.3, 0.4) is 0 Å². The molecule has 0 spiro atoms. The SMILES string of the molecule is COc1ccc(Cl)cc1NC(=O)C(=O)NCCN1CCOCC1. The third kappa shape index (κ3) is 5.38. The number of nitrogens with one attached hydrogen (secondary N) is 2. The van der Waals surface area contributed by atoms with Gasteiger partial charge in [0.1, 0.15) is 5.75 Å². The quantitative estimate of drug-likeness (QED) is 0.772. The van der Waals surface area contributed by atoms with Crippen molar-refractivity contribution < 1.29 is 19.1 Å². The lowest BCUT2D eigenvalue weighted by atomic mass is 10.3. The van der Waals surface area contributed by atoms with Crippen LogP contribution >= 0.6 is 11.6 Å². The fourth-order valence-electron chi connectivity index (χ4n) is 2.19. The molecule has 126 valence electrons. The third-order valence-corrected chi connectivity index (χ3v) is 3.67. The standard InChI is InChI=1S/C15H20ClN3O4/c1-22-13-3-2-11(16)10-12(13)18-15(21)14(20)17-4-5-19-6-8-23-9-7-19/h2-3,10H,4-9H2,1H3,(H,17,20)(H,18,21). The minimum Gasteiger partial charge on any atom is -0.495 e. The number of methoxy groups -OCH3 is 1. The van der Waals surface area contributed by atoms with Crippen molar-refractivity contribution in [3.05, 3.63) is 23.2 Å². The van der Waals surface area contributed by atoms with E-state index in [9.17, 15) is 9.59 Å². The van der Waals surface area contributed by atoms with Gasteiger partial charge in [0.05, 0.1) is 26.0 Å². The van der Waals surface area contributed by atoms with Crippen LogP contribution in [0.15, 0.2) is 18.2 Å². The third-order valence-electron chi connectivity index (χ3n) is 3.43. The molecule has 0 radical (unpaired) electrons. The van der Waals surface area contributed by atoms with E-state index in [0.29, 0.717) is 42.8 Å². The summed E-state index contributed by atoms with van der Waals surface area (Å²) >= 11 is 5.88. The van der Waals surface area contributed by atoms with Crippen LogP contribution in [0.25, 0.3) is 0 Å². The molecule has 0 unspecified atom stereocenters. The summed E-state index contributed by atoms with van der Waals surface area (Å²) in [5.74, 6) is -1.02. The van der Waals surface area contributed by atoms with Gasteiger partial charge in [0.2, 0.25) is 0 Å². The first-order chi connectivity index (χ1) is 11.1. The molecular formula is C15H20ClN3O4. The summed E-state index contributed by atoms with van der Waals surface area (Å²) in [6, 6.07) is 4.78. The van der Waals surface area contributed by atoms with E-state index in [1.54, 1.807) is 12.1 Å². The molecule has 2 rings (SSSR count). The summed E-state index contributed by atoms with van der Waals surface area (Å²) in [6.07, 6.45) is 0. The maximum atomic E-state index is 11.9. The summed E-state index contributed by atoms with van der Waals surface area (Å²) in [5, 5.41) is 5.53. The second-order valence-electron chi connectivity index (χ2n) is 5.01. The van der Waals surface area contributed by atoms with Crippen LogP contribution in [0.4, 0.5) is 5.69 Å². The van der Waals surface area contributed by atoms with Gasteiger partial charge in [0.15, 0.2) is 0 Å². The molecule has 1 heterocycles. The first-order valence-electron chi connectivity index (χ1n) is 7.33. The van der Waals surface area contributed by atoms with Gasteiger partial charge in [-0.1, -0.05) is 11.6 Å². The second kappa shape index (κ2) is 8.71. The highest BCUT2D eigenvalue weighted by Gasteiger charge is 2.16. The zero-order valence-corrected chi connectivity index (χ0v) is 13.7. The van der Waals surface area contributed by atoms with Crippen molar-refractivity contribution in [1.82, 2.24) is 10.2 Å². The molecule has 0 aliphatic carbocycles. The van der Waals surface area contributed by atoms with E-state index in [2.05, 4.69) is 15.5 Å². The van der Waals surface area contributed by atoms with Gasteiger partial charge >= 0.3 is 11.8 Å². The summed E-state index contributed by atoms with van der Waals surface area (Å²) in [7, 11) is 1.47. The van der Waals surface area contributed by atoms with Gasteiger partial charge in [-0.3, -0.25) is 14.5 Å². The summed E-state index contributed by atoms with van der Waals surface area (Å²) in [6.45, 7) is 4.15. The van der Waals surface area contributed by atoms with E-state index in [1.165, 1.54) is 13.2 Å². The van der Waals surface area contributed by atoms with Gasteiger partial charge in [-0.05, 0) is 18.2 Å². The van der Waals surface area contributed by atoms with Crippen LogP contribution in [0.2, 0.25) is 5.02 Å². The first-order valence-corrected chi connectivity index (χ1v) is 7.71. The molecular weight excluding hydrogens is 322 g/mol. The number of halogens is 1. The van der Waals surface area contributed by atoms with Crippen molar-refractivity contribution in [1.29, 1.82) is 0 Å². The number of hydrogen-bond acceptors (Lipinski definition) is 5. The summed E-state index contributed by atoms with van der Waals surface area (Å²) in [5.41, 5.74) is 0.355. The number of benzene rings is 1. The number of ether oxygens (including phenoxy) is 2. The van der Waals surface area contributed by atoms with Gasteiger partial charge < -0.3 is 20.1 Å². The first kappa shape index (κ1) is 17.5. The Balaban J connectivity index is 1.80. The number of anilines is 1. The van der Waals surface area contributed by atoms with Crippen molar-refractivity contribution in [3.63, 3.8) is 0 Å². The normalized spacial score (nSPS) is 15.0. The number of carbonyl (C=O) groups is 2. The largest absolute Gasteiger partial charge is 0.495 e. The van der Waals surface area contributed by atoms with Crippen LogP contribution in [0, 0.1) is 0 Å². The van der Waals surface area contributed by atoms with Crippen molar-refractivity contribution in [2.24, 2.45) is 0 Å². The van der Waals surface area contributed by atoms with Gasteiger partial charge in [-0.2, -0.15) is 0 Å². The highest BCUT2D eigenvalue weighted by atomic mass is 35.5. The molecule has 2 amide bonds. The molecule has 1 fully saturated rings. The highest BCUT2D eigenvalue weighted by molar-refractivity contribution is 6.40. The Morgan fingerprint density at radius 3 is 2.74 bits per heavy atom. The minimum atomic E-state index is -0.757. The highest BCUT2D eigenvalue weighted by Crippen LogP contribution is 2.27. The van der Waals surface area contributed by atoms with Gasteiger partial charge in [0, 0.05) is 31.2 Å². The van der Waals surface area contributed by atoms with Crippen molar-refractivity contribution >= 4 is 29.1 Å². The molecule has 2 N–H and O–H groups in total. The van der Waals surface area contributed by atoms with Crippen LogP contribution in [0.1, 0.15) is 0 Å². The van der Waals surface area contributed by atoms with E-state index in [0.717, 1.165) is 13.1 Å². The fourth-order valence-corrected chi connectivity index (χ4v) is 2.36. The zero-order chi connectivity index (χ0) is 16.7. The summed E-state index contributed by atoms with van der Waals surface area (Å²) < 4.78 is 10.4. The monoisotopic (exact) mass is 341 g/mol. The predicted molar refractivity (Wildman–Crippen MR) is 86.9 cm³/mol. The smallest absolute Gasteiger partial charge is 0.313 e. The lowest BCUT2D eigenvalue weighted by molar-refractivity contribution is -0.136. The lowest BCUT2D eigenvalue weighted by Gasteiger charge is -2.26. The molecule has 1 saturated heterocycles. The van der Waals surface area contributed by atoms with Gasteiger partial charge in [-0.25, -0.2) is 0 Å². The predicted octanol–water partition coefficient (Wildman–Crippen LogP) is 0.735. The van der Waals surface area contributed by atoms with E-state index in [-0.39, 0.29) is 0 Å². The Morgan fingerprint density at radius 1 is 1.30 bits per heavy atom. The Morgan fingerprint density at radius 2 is 2.04 bits per heavy atom. The number of nitrogens with zero attached hydrogens (tertiary/aromatic N) is 1. The van der Waals surface area contributed by atoms with Crippen molar-refractivity contribution in [3.8, 4) is 5.75 Å². The van der Waals surface area contributed by atoms with Crippen molar-refractivity contribution in [2.75, 3.05) is 51.8 Å². The van der Waals surface area contributed by atoms with Crippen LogP contribution in [0.5, 0.6) is 5.75 Å². The average Bonchev–Trinajstić information content (AvgIpc) is 2.56. The number of rotatable bonds is 5. The van der Waals surface area contributed by atoms with E-state index < -0.39 is 11.8 Å². The number of carbonyl (C=O) groups excluding carboxylic acids is 2. The molecule has 1 aliphatic heterocycles. The summed E-state index contributed by atoms with van der Waals surface area (Å²) in [4.78, 5) is 25.9. The number of amides is 2. The van der Waals surface area contributed by atoms with E-state index in [4.69, 9.17) is 21.1 Å². The second-order valence-corrected chi connectivity index (χ2v) is 5.45. The fraction of sp³-hybridized carbons (Fsp3) is 0.467. The molecule has 0 aromatic heterocycles. The van der Waals surface area contributed by atoms with Gasteiger partial charge in [-0.15, -0.1) is 0 Å².